The number of aromatic nitrogens is 2. The molecule has 1 aliphatic heterocycles. The van der Waals surface area contributed by atoms with Gasteiger partial charge in [-0.3, -0.25) is 0 Å². The number of piperidine rings is 1. The van der Waals surface area contributed by atoms with Gasteiger partial charge in [0.25, 0.3) is 6.01 Å². The highest BCUT2D eigenvalue weighted by Gasteiger charge is 2.27. The molecule has 2 N–H and O–H groups in total. The molecule has 5 rings (SSSR count). The third-order valence-electron chi connectivity index (χ3n) is 6.53. The smallest absolute Gasteiger partial charge is 0.335 e. The van der Waals surface area contributed by atoms with Crippen LogP contribution in [0.4, 0.5) is 6.01 Å². The molecule has 0 radical (unpaired) electrons. The average molecular weight is 505 g/mol. The maximum Gasteiger partial charge on any atom is 0.335 e. The molecule has 0 saturated carbocycles. The van der Waals surface area contributed by atoms with Crippen LogP contribution < -0.4 is 19.7 Å². The van der Waals surface area contributed by atoms with Crippen molar-refractivity contribution in [2.24, 2.45) is 0 Å². The second kappa shape index (κ2) is 11.0. The van der Waals surface area contributed by atoms with Gasteiger partial charge in [-0.25, -0.2) is 4.79 Å². The molecule has 0 bridgehead atoms. The molecule has 3 heterocycles. The number of carbonyl (C=O) groups is 1. The van der Waals surface area contributed by atoms with Crippen LogP contribution in [0.2, 0.25) is 0 Å². The van der Waals surface area contributed by atoms with Crippen molar-refractivity contribution in [2.75, 3.05) is 31.2 Å². The molecular weight excluding hydrogens is 472 g/mol. The van der Waals surface area contributed by atoms with Gasteiger partial charge in [-0.2, -0.15) is 4.98 Å². The Labute approximate surface area is 215 Å². The van der Waals surface area contributed by atoms with Crippen LogP contribution in [0.5, 0.6) is 11.5 Å². The summed E-state index contributed by atoms with van der Waals surface area (Å²) in [6, 6.07) is 13.5. The van der Waals surface area contributed by atoms with Gasteiger partial charge in [-0.1, -0.05) is 0 Å². The van der Waals surface area contributed by atoms with Crippen LogP contribution in [0.25, 0.3) is 16.8 Å². The van der Waals surface area contributed by atoms with Crippen LogP contribution in [-0.4, -0.2) is 53.0 Å². The van der Waals surface area contributed by atoms with Gasteiger partial charge in [0.1, 0.15) is 22.7 Å². The third-order valence-corrected chi connectivity index (χ3v) is 6.53. The van der Waals surface area contributed by atoms with E-state index < -0.39 is 5.97 Å². The van der Waals surface area contributed by atoms with Crippen molar-refractivity contribution in [3.05, 3.63) is 66.0 Å². The summed E-state index contributed by atoms with van der Waals surface area (Å²) in [5, 5.41) is 12.8. The fourth-order valence-electron chi connectivity index (χ4n) is 4.84. The van der Waals surface area contributed by atoms with E-state index in [1.54, 1.807) is 12.1 Å². The first-order valence-corrected chi connectivity index (χ1v) is 12.7. The predicted molar refractivity (Wildman–Crippen MR) is 141 cm³/mol. The molecule has 1 aliphatic rings. The second-order valence-corrected chi connectivity index (χ2v) is 8.99. The summed E-state index contributed by atoms with van der Waals surface area (Å²) in [5.74, 6) is 0.499. The first-order valence-electron chi connectivity index (χ1n) is 12.7. The Balaban J connectivity index is 1.56. The molecule has 2 aromatic carbocycles. The number of rotatable bonds is 10. The molecule has 9 nitrogen and oxygen atoms in total. The first-order chi connectivity index (χ1) is 18.1. The number of carboxylic acid groups (broad SMARTS) is 1. The van der Waals surface area contributed by atoms with Crippen LogP contribution in [0.1, 0.15) is 42.6 Å². The number of nitrogens with zero attached hydrogens (tertiary/aromatic N) is 3. The van der Waals surface area contributed by atoms with Crippen molar-refractivity contribution in [3.63, 3.8) is 0 Å². The number of anilines is 1. The Bertz CT molecular complexity index is 1330. The summed E-state index contributed by atoms with van der Waals surface area (Å²) in [6.07, 6.45) is 5.84. The minimum atomic E-state index is -0.989. The zero-order chi connectivity index (χ0) is 25.8. The molecule has 0 atom stereocenters. The molecule has 194 valence electrons. The highest BCUT2D eigenvalue weighted by atomic mass is 16.5. The van der Waals surface area contributed by atoms with E-state index in [-0.39, 0.29) is 11.6 Å². The van der Waals surface area contributed by atoms with Gasteiger partial charge < -0.3 is 33.8 Å². The van der Waals surface area contributed by atoms with Crippen molar-refractivity contribution < 1.29 is 23.8 Å². The number of nitrogens with one attached hydrogen (secondary N) is 1. The van der Waals surface area contributed by atoms with Gasteiger partial charge >= 0.3 is 5.97 Å². The van der Waals surface area contributed by atoms with Gasteiger partial charge in [0, 0.05) is 25.0 Å². The van der Waals surface area contributed by atoms with E-state index in [0.29, 0.717) is 36.9 Å². The molecule has 4 aromatic rings. The fourth-order valence-corrected chi connectivity index (χ4v) is 4.84. The molecule has 1 fully saturated rings. The lowest BCUT2D eigenvalue weighted by Gasteiger charge is -2.34. The van der Waals surface area contributed by atoms with Gasteiger partial charge in [0.2, 0.25) is 0 Å². The summed E-state index contributed by atoms with van der Waals surface area (Å²) < 4.78 is 20.3. The highest BCUT2D eigenvalue weighted by Crippen LogP contribution is 2.37. The largest absolute Gasteiger partial charge is 0.492 e. The van der Waals surface area contributed by atoms with E-state index in [9.17, 15) is 9.90 Å². The maximum atomic E-state index is 11.5. The van der Waals surface area contributed by atoms with Crippen molar-refractivity contribution in [1.82, 2.24) is 14.9 Å². The van der Waals surface area contributed by atoms with E-state index in [0.717, 1.165) is 48.7 Å². The summed E-state index contributed by atoms with van der Waals surface area (Å²) in [7, 11) is 0. The zero-order valence-electron chi connectivity index (χ0n) is 21.1. The monoisotopic (exact) mass is 504 g/mol. The van der Waals surface area contributed by atoms with E-state index in [1.165, 1.54) is 6.07 Å². The van der Waals surface area contributed by atoms with Crippen molar-refractivity contribution in [3.8, 4) is 17.2 Å². The SMILES string of the molecule is CCOc1cc(CN(c2nc3cc(C(=O)O)ccc3o2)C2CCNCC2)cc(OCC)c1-n1cccc1. The molecule has 37 heavy (non-hydrogen) atoms. The summed E-state index contributed by atoms with van der Waals surface area (Å²) in [6.45, 7) is 7.35. The van der Waals surface area contributed by atoms with Crippen molar-refractivity contribution >= 4 is 23.1 Å². The number of ether oxygens (including phenoxy) is 2. The van der Waals surface area contributed by atoms with Gasteiger partial charge in [0.05, 0.1) is 18.8 Å². The third kappa shape index (κ3) is 5.27. The molecule has 9 heteroatoms. The Morgan fingerprint density at radius 2 is 1.78 bits per heavy atom. The van der Waals surface area contributed by atoms with E-state index in [4.69, 9.17) is 18.9 Å². The number of hydrogen-bond donors (Lipinski definition) is 2. The van der Waals surface area contributed by atoms with Crippen LogP contribution >= 0.6 is 0 Å². The van der Waals surface area contributed by atoms with E-state index in [1.807, 2.05) is 42.9 Å². The Morgan fingerprint density at radius 3 is 2.41 bits per heavy atom. The second-order valence-electron chi connectivity index (χ2n) is 8.99. The quantitative estimate of drug-likeness (QED) is 0.315. The lowest BCUT2D eigenvalue weighted by atomic mass is 10.0. The molecular formula is C28H32N4O5. The molecule has 0 spiro atoms. The first kappa shape index (κ1) is 24.7. The number of oxazole rings is 1. The average Bonchev–Trinajstić information content (AvgIpc) is 3.58. The van der Waals surface area contributed by atoms with Crippen LogP contribution in [0.3, 0.4) is 0 Å². The van der Waals surface area contributed by atoms with Crippen LogP contribution in [0.15, 0.2) is 59.3 Å². The predicted octanol–water partition coefficient (Wildman–Crippen LogP) is 4.87. The fraction of sp³-hybridized carbons (Fsp3) is 0.357. The summed E-state index contributed by atoms with van der Waals surface area (Å²) >= 11 is 0. The Hall–Kier alpha value is -3.98. The number of aromatic carboxylic acids is 1. The van der Waals surface area contributed by atoms with Crippen molar-refractivity contribution in [1.29, 1.82) is 0 Å². The summed E-state index contributed by atoms with van der Waals surface area (Å²) in [5.41, 5.74) is 3.15. The molecule has 2 aromatic heterocycles. The number of benzene rings is 2. The zero-order valence-corrected chi connectivity index (χ0v) is 21.1. The van der Waals surface area contributed by atoms with Crippen LogP contribution in [0, 0.1) is 0 Å². The van der Waals surface area contributed by atoms with Gasteiger partial charge in [-0.15, -0.1) is 0 Å². The van der Waals surface area contributed by atoms with Gasteiger partial charge in [-0.05, 0) is 87.8 Å². The normalized spacial score (nSPS) is 14.1. The maximum absolute atomic E-state index is 11.5. The minimum Gasteiger partial charge on any atom is -0.492 e. The Kier molecular flexibility index (Phi) is 7.32. The van der Waals surface area contributed by atoms with Gasteiger partial charge in [0.15, 0.2) is 5.58 Å². The topological polar surface area (TPSA) is 102 Å². The molecule has 0 unspecified atom stereocenters. The number of fused-ring (bicyclic) bond motifs is 1. The molecule has 0 aliphatic carbocycles. The van der Waals surface area contributed by atoms with Crippen molar-refractivity contribution in [2.45, 2.75) is 39.3 Å². The summed E-state index contributed by atoms with van der Waals surface area (Å²) in [4.78, 5) is 18.3. The van der Waals surface area contributed by atoms with E-state index >= 15 is 0 Å². The Morgan fingerprint density at radius 1 is 1.11 bits per heavy atom. The lowest BCUT2D eigenvalue weighted by Crippen LogP contribution is -2.43. The molecule has 0 amide bonds. The highest BCUT2D eigenvalue weighted by molar-refractivity contribution is 5.92. The minimum absolute atomic E-state index is 0.184. The van der Waals surface area contributed by atoms with E-state index in [2.05, 4.69) is 22.3 Å². The number of hydrogen-bond acceptors (Lipinski definition) is 7. The number of carboxylic acids is 1. The van der Waals surface area contributed by atoms with Crippen LogP contribution in [-0.2, 0) is 6.54 Å². The molecule has 1 saturated heterocycles. The lowest BCUT2D eigenvalue weighted by molar-refractivity contribution is 0.0697. The standard InChI is InChI=1S/C28H32N4O5/c1-3-35-24-15-19(16-25(36-4-2)26(24)31-13-5-6-14-31)18-32(21-9-11-29-12-10-21)28-30-22-17-20(27(33)34)7-8-23(22)37-28/h5-8,13-17,21,29H,3-4,9-12,18H2,1-2H3,(H,33,34).